The van der Waals surface area contributed by atoms with Crippen LogP contribution in [-0.2, 0) is 6.42 Å². The highest BCUT2D eigenvalue weighted by Gasteiger charge is 2.33. The van der Waals surface area contributed by atoms with Gasteiger partial charge in [-0.3, -0.25) is 4.90 Å². The maximum atomic E-state index is 13.0. The van der Waals surface area contributed by atoms with E-state index in [4.69, 9.17) is 0 Å². The molecule has 0 aliphatic heterocycles. The van der Waals surface area contributed by atoms with Gasteiger partial charge in [-0.15, -0.1) is 0 Å². The highest BCUT2D eigenvalue weighted by atomic mass is 19.1. The van der Waals surface area contributed by atoms with E-state index in [-0.39, 0.29) is 11.4 Å². The molecular formula is C17H29FN2. The summed E-state index contributed by atoms with van der Waals surface area (Å²) in [6.45, 7) is 14.1. The Morgan fingerprint density at radius 3 is 2.10 bits per heavy atom. The van der Waals surface area contributed by atoms with Gasteiger partial charge in [0.15, 0.2) is 0 Å². The standard InChI is InChI=1S/C17H29FN2/c1-6-19-16(17(4,5)20(7-2)8-3)13-14-9-11-15(18)12-10-14/h9-12,16,19H,6-8,13H2,1-5H3. The first-order valence-corrected chi connectivity index (χ1v) is 7.68. The molecule has 0 fully saturated rings. The first-order chi connectivity index (χ1) is 9.45. The molecule has 1 atom stereocenters. The third kappa shape index (κ3) is 4.29. The summed E-state index contributed by atoms with van der Waals surface area (Å²) in [5.41, 5.74) is 1.24. The Bertz CT molecular complexity index is 382. The summed E-state index contributed by atoms with van der Waals surface area (Å²) in [7, 11) is 0. The molecule has 0 radical (unpaired) electrons. The molecule has 0 saturated heterocycles. The zero-order chi connectivity index (χ0) is 15.2. The molecule has 1 aromatic rings. The fraction of sp³-hybridized carbons (Fsp3) is 0.647. The number of halogens is 1. The van der Waals surface area contributed by atoms with Crippen LogP contribution in [0.4, 0.5) is 4.39 Å². The third-order valence-electron chi connectivity index (χ3n) is 4.23. The van der Waals surface area contributed by atoms with Crippen molar-refractivity contribution in [3.05, 3.63) is 35.6 Å². The summed E-state index contributed by atoms with van der Waals surface area (Å²) in [4.78, 5) is 2.48. The van der Waals surface area contributed by atoms with E-state index < -0.39 is 0 Å². The second-order valence-corrected chi connectivity index (χ2v) is 5.77. The predicted molar refractivity (Wildman–Crippen MR) is 84.6 cm³/mol. The normalized spacial score (nSPS) is 13.8. The molecule has 1 aromatic carbocycles. The molecule has 1 N–H and O–H groups in total. The molecule has 20 heavy (non-hydrogen) atoms. The number of likely N-dealkylation sites (N-methyl/N-ethyl adjacent to an activating group) is 2. The van der Waals surface area contributed by atoms with Gasteiger partial charge in [0.05, 0.1) is 0 Å². The first kappa shape index (κ1) is 17.1. The van der Waals surface area contributed by atoms with Gasteiger partial charge in [0.1, 0.15) is 5.82 Å². The minimum Gasteiger partial charge on any atom is -0.312 e. The Labute approximate surface area is 123 Å². The molecular weight excluding hydrogens is 251 g/mol. The van der Waals surface area contributed by atoms with Crippen LogP contribution in [0.2, 0.25) is 0 Å². The van der Waals surface area contributed by atoms with Crippen molar-refractivity contribution in [2.75, 3.05) is 19.6 Å². The summed E-state index contributed by atoms with van der Waals surface area (Å²) in [5, 5.41) is 3.60. The number of hydrogen-bond donors (Lipinski definition) is 1. The second kappa shape index (κ2) is 7.75. The van der Waals surface area contributed by atoms with Gasteiger partial charge in [-0.2, -0.15) is 0 Å². The van der Waals surface area contributed by atoms with Gasteiger partial charge in [-0.1, -0.05) is 32.9 Å². The largest absolute Gasteiger partial charge is 0.312 e. The maximum Gasteiger partial charge on any atom is 0.123 e. The molecule has 0 aromatic heterocycles. The van der Waals surface area contributed by atoms with Gasteiger partial charge in [0.25, 0.3) is 0 Å². The highest BCUT2D eigenvalue weighted by molar-refractivity contribution is 5.18. The molecule has 0 aliphatic rings. The smallest absolute Gasteiger partial charge is 0.123 e. The van der Waals surface area contributed by atoms with E-state index in [9.17, 15) is 4.39 Å². The van der Waals surface area contributed by atoms with E-state index in [0.717, 1.165) is 26.1 Å². The molecule has 0 aliphatic carbocycles. The number of nitrogens with one attached hydrogen (secondary N) is 1. The lowest BCUT2D eigenvalue weighted by molar-refractivity contribution is 0.0918. The molecule has 1 rings (SSSR count). The number of benzene rings is 1. The van der Waals surface area contributed by atoms with Crippen molar-refractivity contribution in [3.8, 4) is 0 Å². The molecule has 1 unspecified atom stereocenters. The third-order valence-corrected chi connectivity index (χ3v) is 4.23. The minimum absolute atomic E-state index is 0.0634. The lowest BCUT2D eigenvalue weighted by atomic mass is 9.87. The van der Waals surface area contributed by atoms with E-state index >= 15 is 0 Å². The van der Waals surface area contributed by atoms with Crippen LogP contribution in [0.15, 0.2) is 24.3 Å². The van der Waals surface area contributed by atoms with E-state index in [2.05, 4.69) is 44.8 Å². The van der Waals surface area contributed by atoms with Crippen molar-refractivity contribution in [2.45, 2.75) is 52.6 Å². The van der Waals surface area contributed by atoms with Crippen molar-refractivity contribution < 1.29 is 4.39 Å². The lowest BCUT2D eigenvalue weighted by Gasteiger charge is -2.44. The minimum atomic E-state index is -0.170. The van der Waals surface area contributed by atoms with Crippen LogP contribution < -0.4 is 5.32 Å². The van der Waals surface area contributed by atoms with Gasteiger partial charge < -0.3 is 5.32 Å². The van der Waals surface area contributed by atoms with Crippen molar-refractivity contribution in [2.24, 2.45) is 0 Å². The number of hydrogen-bond acceptors (Lipinski definition) is 2. The second-order valence-electron chi connectivity index (χ2n) is 5.77. The SMILES string of the molecule is CCNC(Cc1ccc(F)cc1)C(C)(C)N(CC)CC. The monoisotopic (exact) mass is 280 g/mol. The van der Waals surface area contributed by atoms with E-state index in [1.54, 1.807) is 12.1 Å². The topological polar surface area (TPSA) is 15.3 Å². The highest BCUT2D eigenvalue weighted by Crippen LogP contribution is 2.22. The summed E-state index contributed by atoms with van der Waals surface area (Å²) >= 11 is 0. The quantitative estimate of drug-likeness (QED) is 0.784. The van der Waals surface area contributed by atoms with Crippen LogP contribution in [0.5, 0.6) is 0 Å². The zero-order valence-electron chi connectivity index (χ0n) is 13.5. The van der Waals surface area contributed by atoms with Gasteiger partial charge in [-0.25, -0.2) is 4.39 Å². The summed E-state index contributed by atoms with van der Waals surface area (Å²) in [6.07, 6.45) is 0.914. The van der Waals surface area contributed by atoms with E-state index in [1.807, 2.05) is 12.1 Å². The van der Waals surface area contributed by atoms with E-state index in [0.29, 0.717) is 6.04 Å². The number of rotatable bonds is 8. The van der Waals surface area contributed by atoms with Gasteiger partial charge in [0.2, 0.25) is 0 Å². The fourth-order valence-corrected chi connectivity index (χ4v) is 2.93. The van der Waals surface area contributed by atoms with Crippen molar-refractivity contribution >= 4 is 0 Å². The van der Waals surface area contributed by atoms with Crippen LogP contribution in [0.1, 0.15) is 40.2 Å². The molecule has 0 amide bonds. The fourth-order valence-electron chi connectivity index (χ4n) is 2.93. The Morgan fingerprint density at radius 2 is 1.65 bits per heavy atom. The van der Waals surface area contributed by atoms with Crippen molar-refractivity contribution in [3.63, 3.8) is 0 Å². The average molecular weight is 280 g/mol. The molecule has 0 bridgehead atoms. The molecule has 0 heterocycles. The Kier molecular flexibility index (Phi) is 6.63. The van der Waals surface area contributed by atoms with Crippen LogP contribution in [0.25, 0.3) is 0 Å². The first-order valence-electron chi connectivity index (χ1n) is 7.68. The van der Waals surface area contributed by atoms with Gasteiger partial charge >= 0.3 is 0 Å². The van der Waals surface area contributed by atoms with Gasteiger partial charge in [-0.05, 0) is 57.6 Å². The lowest BCUT2D eigenvalue weighted by Crippen LogP contribution is -2.58. The van der Waals surface area contributed by atoms with Crippen molar-refractivity contribution in [1.82, 2.24) is 10.2 Å². The summed E-state index contributed by atoms with van der Waals surface area (Å²) in [5.74, 6) is -0.170. The zero-order valence-corrected chi connectivity index (χ0v) is 13.5. The van der Waals surface area contributed by atoms with Crippen LogP contribution in [0.3, 0.4) is 0 Å². The van der Waals surface area contributed by atoms with Gasteiger partial charge in [0, 0.05) is 11.6 Å². The van der Waals surface area contributed by atoms with Crippen molar-refractivity contribution in [1.29, 1.82) is 0 Å². The molecule has 2 nitrogen and oxygen atoms in total. The Morgan fingerprint density at radius 1 is 1.10 bits per heavy atom. The molecule has 0 spiro atoms. The predicted octanol–water partition coefficient (Wildman–Crippen LogP) is 3.47. The van der Waals surface area contributed by atoms with Crippen LogP contribution in [0, 0.1) is 5.82 Å². The van der Waals surface area contributed by atoms with Crippen LogP contribution >= 0.6 is 0 Å². The summed E-state index contributed by atoms with van der Waals surface area (Å²) < 4.78 is 13.0. The van der Waals surface area contributed by atoms with E-state index in [1.165, 1.54) is 5.56 Å². The molecule has 0 saturated carbocycles. The molecule has 3 heteroatoms. The molecule has 114 valence electrons. The summed E-state index contributed by atoms with van der Waals surface area (Å²) in [6, 6.07) is 7.21. The maximum absolute atomic E-state index is 13.0. The number of nitrogens with zero attached hydrogens (tertiary/aromatic N) is 1. The average Bonchev–Trinajstić information content (AvgIpc) is 2.41. The Hall–Kier alpha value is -0.930. The Balaban J connectivity index is 2.89. The van der Waals surface area contributed by atoms with Crippen LogP contribution in [-0.4, -0.2) is 36.1 Å².